The number of anilines is 2. The zero-order valence-corrected chi connectivity index (χ0v) is 14.7. The van der Waals surface area contributed by atoms with Gasteiger partial charge in [-0.15, -0.1) is 12.6 Å². The van der Waals surface area contributed by atoms with Crippen molar-refractivity contribution < 1.29 is 0 Å². The zero-order chi connectivity index (χ0) is 16.4. The van der Waals surface area contributed by atoms with Crippen LogP contribution in [-0.4, -0.2) is 16.5 Å². The molecule has 0 fully saturated rings. The van der Waals surface area contributed by atoms with Gasteiger partial charge in [0, 0.05) is 29.0 Å². The van der Waals surface area contributed by atoms with Gasteiger partial charge in [-0.05, 0) is 62.4 Å². The number of fused-ring (bicyclic) bond motifs is 1. The molecule has 1 aliphatic rings. The molecule has 0 saturated heterocycles. The van der Waals surface area contributed by atoms with Crippen molar-refractivity contribution in [3.05, 3.63) is 52.5 Å². The highest BCUT2D eigenvalue weighted by Gasteiger charge is 2.19. The predicted octanol–water partition coefficient (Wildman–Crippen LogP) is 3.99. The van der Waals surface area contributed by atoms with Gasteiger partial charge in [0.05, 0.1) is 5.69 Å². The van der Waals surface area contributed by atoms with Crippen LogP contribution >= 0.6 is 12.6 Å². The van der Waals surface area contributed by atoms with Crippen LogP contribution in [-0.2, 0) is 6.42 Å². The van der Waals surface area contributed by atoms with E-state index >= 15 is 0 Å². The fourth-order valence-electron chi connectivity index (χ4n) is 2.94. The Kier molecular flexibility index (Phi) is 4.57. The minimum atomic E-state index is 0.609. The third-order valence-electron chi connectivity index (χ3n) is 3.89. The number of hydrogen-bond donors (Lipinski definition) is 3. The molecule has 5 heteroatoms. The Morgan fingerprint density at radius 3 is 2.57 bits per heavy atom. The number of aromatic nitrogens is 2. The molecule has 0 unspecified atom stereocenters. The van der Waals surface area contributed by atoms with Crippen LogP contribution in [0.2, 0.25) is 0 Å². The van der Waals surface area contributed by atoms with Gasteiger partial charge in [-0.2, -0.15) is 0 Å². The Morgan fingerprint density at radius 2 is 1.87 bits per heavy atom. The summed E-state index contributed by atoms with van der Waals surface area (Å²) in [5, 5.41) is 6.69. The Labute approximate surface area is 142 Å². The molecule has 23 heavy (non-hydrogen) atoms. The largest absolute Gasteiger partial charge is 0.388 e. The molecule has 0 saturated carbocycles. The van der Waals surface area contributed by atoms with Crippen LogP contribution in [0.3, 0.4) is 0 Å². The number of aryl methyl sites for hydroxylation is 3. The summed E-state index contributed by atoms with van der Waals surface area (Å²) in [6.45, 7) is 7.16. The molecule has 1 aromatic carbocycles. The molecule has 0 atom stereocenters. The number of hydrogen-bond acceptors (Lipinski definition) is 5. The summed E-state index contributed by atoms with van der Waals surface area (Å²) < 4.78 is 0. The molecule has 0 aliphatic heterocycles. The number of nitrogens with one attached hydrogen (secondary N) is 2. The highest BCUT2D eigenvalue weighted by Crippen LogP contribution is 2.31. The van der Waals surface area contributed by atoms with Crippen LogP contribution in [0.25, 0.3) is 4.91 Å². The number of rotatable bonds is 4. The van der Waals surface area contributed by atoms with Gasteiger partial charge in [0.2, 0.25) is 5.95 Å². The number of thiol groups is 1. The van der Waals surface area contributed by atoms with Crippen molar-refractivity contribution in [3.8, 4) is 0 Å². The van der Waals surface area contributed by atoms with Gasteiger partial charge in [0.15, 0.2) is 0 Å². The molecule has 4 nitrogen and oxygen atoms in total. The Morgan fingerprint density at radius 1 is 1.13 bits per heavy atom. The van der Waals surface area contributed by atoms with E-state index < -0.39 is 0 Å². The van der Waals surface area contributed by atoms with Gasteiger partial charge in [-0.25, -0.2) is 9.97 Å². The van der Waals surface area contributed by atoms with E-state index in [-0.39, 0.29) is 0 Å². The Hall–Kier alpha value is -2.01. The summed E-state index contributed by atoms with van der Waals surface area (Å²) in [5.74, 6) is 0.609. The molecule has 120 valence electrons. The molecular weight excluding hydrogens is 304 g/mol. The SMILES string of the molecule is CCNC1=C(S)c2nc(Nc3cc(C)cc(C)c3)ncc2CC1. The first-order valence-corrected chi connectivity index (χ1v) is 8.39. The molecule has 0 spiro atoms. The van der Waals surface area contributed by atoms with Crippen molar-refractivity contribution in [3.63, 3.8) is 0 Å². The first-order valence-electron chi connectivity index (χ1n) is 7.94. The summed E-state index contributed by atoms with van der Waals surface area (Å²) in [4.78, 5) is 10.1. The summed E-state index contributed by atoms with van der Waals surface area (Å²) in [7, 11) is 0. The Bertz CT molecular complexity index is 747. The normalized spacial score (nSPS) is 13.7. The van der Waals surface area contributed by atoms with Crippen molar-refractivity contribution in [1.82, 2.24) is 15.3 Å². The summed E-state index contributed by atoms with van der Waals surface area (Å²) in [5.41, 5.74) is 6.69. The molecule has 2 aromatic rings. The lowest BCUT2D eigenvalue weighted by atomic mass is 10.0. The topological polar surface area (TPSA) is 49.8 Å². The van der Waals surface area contributed by atoms with E-state index in [1.54, 1.807) is 0 Å². The molecular formula is C18H22N4S. The van der Waals surface area contributed by atoms with Crippen molar-refractivity contribution >= 4 is 29.2 Å². The van der Waals surface area contributed by atoms with Crippen LogP contribution in [0.15, 0.2) is 30.1 Å². The first kappa shape index (κ1) is 15.9. The van der Waals surface area contributed by atoms with Gasteiger partial charge < -0.3 is 10.6 Å². The minimum absolute atomic E-state index is 0.609. The Balaban J connectivity index is 1.92. The lowest BCUT2D eigenvalue weighted by Crippen LogP contribution is -2.18. The first-order chi connectivity index (χ1) is 11.1. The average molecular weight is 326 g/mol. The quantitative estimate of drug-likeness (QED) is 0.744. The molecule has 2 N–H and O–H groups in total. The second-order valence-corrected chi connectivity index (χ2v) is 6.37. The molecule has 1 aliphatic carbocycles. The highest BCUT2D eigenvalue weighted by atomic mass is 32.1. The van der Waals surface area contributed by atoms with Crippen molar-refractivity contribution in [2.24, 2.45) is 0 Å². The van der Waals surface area contributed by atoms with Crippen LogP contribution < -0.4 is 10.6 Å². The smallest absolute Gasteiger partial charge is 0.227 e. The maximum atomic E-state index is 4.68. The van der Waals surface area contributed by atoms with Crippen LogP contribution in [0.1, 0.15) is 35.7 Å². The molecule has 0 bridgehead atoms. The fraction of sp³-hybridized carbons (Fsp3) is 0.333. The van der Waals surface area contributed by atoms with Crippen molar-refractivity contribution in [1.29, 1.82) is 0 Å². The van der Waals surface area contributed by atoms with Crippen molar-refractivity contribution in [2.75, 3.05) is 11.9 Å². The van der Waals surface area contributed by atoms with Gasteiger partial charge in [0.25, 0.3) is 0 Å². The zero-order valence-electron chi connectivity index (χ0n) is 13.8. The maximum absolute atomic E-state index is 4.68. The molecule has 1 heterocycles. The van der Waals surface area contributed by atoms with E-state index in [9.17, 15) is 0 Å². The highest BCUT2D eigenvalue weighted by molar-refractivity contribution is 7.90. The summed E-state index contributed by atoms with van der Waals surface area (Å²) in [6, 6.07) is 6.34. The molecule has 3 rings (SSSR count). The van der Waals surface area contributed by atoms with Gasteiger partial charge in [-0.3, -0.25) is 0 Å². The summed E-state index contributed by atoms with van der Waals surface area (Å²) in [6.07, 6.45) is 3.82. The second kappa shape index (κ2) is 6.62. The van der Waals surface area contributed by atoms with E-state index in [4.69, 9.17) is 0 Å². The van der Waals surface area contributed by atoms with Gasteiger partial charge in [0.1, 0.15) is 0 Å². The molecule has 1 aromatic heterocycles. The maximum Gasteiger partial charge on any atom is 0.227 e. The van der Waals surface area contributed by atoms with Crippen LogP contribution in [0.5, 0.6) is 0 Å². The molecule has 0 amide bonds. The van der Waals surface area contributed by atoms with Crippen LogP contribution in [0.4, 0.5) is 11.6 Å². The van der Waals surface area contributed by atoms with Gasteiger partial charge in [-0.1, -0.05) is 6.07 Å². The lowest BCUT2D eigenvalue weighted by molar-refractivity contribution is 0.762. The van der Waals surface area contributed by atoms with Gasteiger partial charge >= 0.3 is 0 Å². The van der Waals surface area contributed by atoms with E-state index in [2.05, 4.69) is 72.2 Å². The standard InChI is InChI=1S/C18H22N4S/c1-4-19-15-6-5-13-10-20-18(22-16(13)17(15)23)21-14-8-11(2)7-12(3)9-14/h7-10,19,23H,4-6H2,1-3H3,(H,20,21,22). The monoisotopic (exact) mass is 326 g/mol. The van der Waals surface area contributed by atoms with E-state index in [0.29, 0.717) is 5.95 Å². The third kappa shape index (κ3) is 3.50. The number of nitrogens with zero attached hydrogens (tertiary/aromatic N) is 2. The van der Waals surface area contributed by atoms with Crippen LogP contribution in [0, 0.1) is 13.8 Å². The van der Waals surface area contributed by atoms with E-state index in [1.165, 1.54) is 16.8 Å². The van der Waals surface area contributed by atoms with Crippen molar-refractivity contribution in [2.45, 2.75) is 33.6 Å². The fourth-order valence-corrected chi connectivity index (χ4v) is 3.32. The summed E-state index contributed by atoms with van der Waals surface area (Å²) >= 11 is 4.67. The second-order valence-electron chi connectivity index (χ2n) is 5.93. The third-order valence-corrected chi connectivity index (χ3v) is 4.37. The van der Waals surface area contributed by atoms with E-state index in [1.807, 2.05) is 6.20 Å². The number of benzene rings is 1. The lowest BCUT2D eigenvalue weighted by Gasteiger charge is -2.20. The molecule has 0 radical (unpaired) electrons. The van der Waals surface area contributed by atoms with E-state index in [0.717, 1.165) is 41.2 Å². The minimum Gasteiger partial charge on any atom is -0.388 e. The predicted molar refractivity (Wildman–Crippen MR) is 99.1 cm³/mol. The number of allylic oxidation sites excluding steroid dienone is 1. The average Bonchev–Trinajstić information content (AvgIpc) is 2.50.